The van der Waals surface area contributed by atoms with Crippen LogP contribution >= 0.6 is 0 Å². The summed E-state index contributed by atoms with van der Waals surface area (Å²) in [7, 11) is 0. The van der Waals surface area contributed by atoms with Crippen molar-refractivity contribution in [3.63, 3.8) is 0 Å². The van der Waals surface area contributed by atoms with Crippen molar-refractivity contribution in [2.45, 2.75) is 0 Å². The molecule has 0 spiro atoms. The third kappa shape index (κ3) is 3.55. The molecule has 0 aliphatic rings. The maximum atomic E-state index is 5.26. The standard InChI is InChI=1S/C8H14N4O2/c9-3-5-13-7-1-2-8(12-11-7)14-6-4-10/h1-2H,3-6,9-10H2. The predicted octanol–water partition coefficient (Wildman–Crippen LogP) is -0.848. The molecule has 1 aromatic rings. The van der Waals surface area contributed by atoms with Crippen LogP contribution in [-0.4, -0.2) is 36.5 Å². The van der Waals surface area contributed by atoms with E-state index in [1.165, 1.54) is 0 Å². The third-order valence-corrected chi connectivity index (χ3v) is 1.35. The molecular weight excluding hydrogens is 184 g/mol. The highest BCUT2D eigenvalue weighted by molar-refractivity contribution is 5.15. The van der Waals surface area contributed by atoms with Crippen LogP contribution in [0.15, 0.2) is 12.1 Å². The van der Waals surface area contributed by atoms with Crippen molar-refractivity contribution in [1.82, 2.24) is 10.2 Å². The van der Waals surface area contributed by atoms with E-state index in [-0.39, 0.29) is 0 Å². The fourth-order valence-corrected chi connectivity index (χ4v) is 0.789. The fourth-order valence-electron chi connectivity index (χ4n) is 0.789. The van der Waals surface area contributed by atoms with Crippen LogP contribution in [0.3, 0.4) is 0 Å². The third-order valence-electron chi connectivity index (χ3n) is 1.35. The normalized spacial score (nSPS) is 9.86. The molecule has 0 bridgehead atoms. The van der Waals surface area contributed by atoms with E-state index in [1.54, 1.807) is 12.1 Å². The molecule has 0 amide bonds. The molecule has 0 radical (unpaired) electrons. The van der Waals surface area contributed by atoms with E-state index in [0.717, 1.165) is 0 Å². The first kappa shape index (κ1) is 10.7. The van der Waals surface area contributed by atoms with Gasteiger partial charge >= 0.3 is 0 Å². The van der Waals surface area contributed by atoms with Crippen LogP contribution in [0.4, 0.5) is 0 Å². The van der Waals surface area contributed by atoms with E-state index in [1.807, 2.05) is 0 Å². The van der Waals surface area contributed by atoms with Gasteiger partial charge in [-0.15, -0.1) is 10.2 Å². The van der Waals surface area contributed by atoms with E-state index in [4.69, 9.17) is 20.9 Å². The van der Waals surface area contributed by atoms with Crippen molar-refractivity contribution in [2.24, 2.45) is 11.5 Å². The summed E-state index contributed by atoms with van der Waals surface area (Å²) in [6.07, 6.45) is 0. The Hall–Kier alpha value is -1.40. The summed E-state index contributed by atoms with van der Waals surface area (Å²) in [6.45, 7) is 1.76. The van der Waals surface area contributed by atoms with Crippen molar-refractivity contribution in [3.8, 4) is 11.8 Å². The predicted molar refractivity (Wildman–Crippen MR) is 51.1 cm³/mol. The van der Waals surface area contributed by atoms with Gasteiger partial charge in [0.25, 0.3) is 0 Å². The van der Waals surface area contributed by atoms with Crippen LogP contribution in [0.2, 0.25) is 0 Å². The van der Waals surface area contributed by atoms with Gasteiger partial charge in [0.2, 0.25) is 11.8 Å². The zero-order chi connectivity index (χ0) is 10.2. The van der Waals surface area contributed by atoms with Gasteiger partial charge in [0, 0.05) is 25.2 Å². The highest BCUT2D eigenvalue weighted by atomic mass is 16.5. The molecule has 0 aromatic carbocycles. The zero-order valence-electron chi connectivity index (χ0n) is 7.85. The van der Waals surface area contributed by atoms with Gasteiger partial charge in [0.05, 0.1) is 0 Å². The van der Waals surface area contributed by atoms with E-state index in [9.17, 15) is 0 Å². The van der Waals surface area contributed by atoms with E-state index in [2.05, 4.69) is 10.2 Å². The molecule has 6 heteroatoms. The molecule has 6 nitrogen and oxygen atoms in total. The Balaban J connectivity index is 2.42. The van der Waals surface area contributed by atoms with Crippen molar-refractivity contribution in [1.29, 1.82) is 0 Å². The van der Waals surface area contributed by atoms with Crippen LogP contribution < -0.4 is 20.9 Å². The van der Waals surface area contributed by atoms with Crippen LogP contribution in [0.25, 0.3) is 0 Å². The quantitative estimate of drug-likeness (QED) is 0.618. The lowest BCUT2D eigenvalue weighted by atomic mass is 10.5. The SMILES string of the molecule is NCCOc1ccc(OCCN)nn1. The van der Waals surface area contributed by atoms with Gasteiger partial charge in [-0.2, -0.15) is 0 Å². The molecule has 0 fully saturated rings. The lowest BCUT2D eigenvalue weighted by Gasteiger charge is -2.04. The van der Waals surface area contributed by atoms with Crippen molar-refractivity contribution in [3.05, 3.63) is 12.1 Å². The first-order valence-electron chi connectivity index (χ1n) is 4.36. The second-order valence-corrected chi connectivity index (χ2v) is 2.48. The summed E-state index contributed by atoms with van der Waals surface area (Å²) in [4.78, 5) is 0. The second-order valence-electron chi connectivity index (χ2n) is 2.48. The van der Waals surface area contributed by atoms with Gasteiger partial charge in [0.1, 0.15) is 13.2 Å². The van der Waals surface area contributed by atoms with Gasteiger partial charge in [0.15, 0.2) is 0 Å². The van der Waals surface area contributed by atoms with Crippen molar-refractivity contribution in [2.75, 3.05) is 26.3 Å². The first-order chi connectivity index (χ1) is 6.86. The minimum atomic E-state index is 0.428. The van der Waals surface area contributed by atoms with Gasteiger partial charge < -0.3 is 20.9 Å². The van der Waals surface area contributed by atoms with Crippen LogP contribution in [0.5, 0.6) is 11.8 Å². The molecule has 0 unspecified atom stereocenters. The highest BCUT2D eigenvalue weighted by Gasteiger charge is 1.98. The molecule has 1 rings (SSSR count). The highest BCUT2D eigenvalue weighted by Crippen LogP contribution is 2.09. The van der Waals surface area contributed by atoms with Crippen molar-refractivity contribution >= 4 is 0 Å². The summed E-state index contributed by atoms with van der Waals surface area (Å²) < 4.78 is 10.3. The number of ether oxygens (including phenoxy) is 2. The number of nitrogens with zero attached hydrogens (tertiary/aromatic N) is 2. The average Bonchev–Trinajstić information content (AvgIpc) is 2.25. The van der Waals surface area contributed by atoms with E-state index in [0.29, 0.717) is 38.1 Å². The smallest absolute Gasteiger partial charge is 0.233 e. The number of hydrogen-bond donors (Lipinski definition) is 2. The molecule has 4 N–H and O–H groups in total. The molecule has 0 saturated carbocycles. The Kier molecular flexibility index (Phi) is 4.66. The molecule has 1 heterocycles. The van der Waals surface area contributed by atoms with Crippen molar-refractivity contribution < 1.29 is 9.47 Å². The van der Waals surface area contributed by atoms with Crippen LogP contribution in [0, 0.1) is 0 Å². The Morgan fingerprint density at radius 2 is 1.36 bits per heavy atom. The molecule has 14 heavy (non-hydrogen) atoms. The zero-order valence-corrected chi connectivity index (χ0v) is 7.85. The van der Waals surface area contributed by atoms with E-state index >= 15 is 0 Å². The maximum absolute atomic E-state index is 5.26. The summed E-state index contributed by atoms with van der Waals surface area (Å²) >= 11 is 0. The topological polar surface area (TPSA) is 96.3 Å². The molecule has 0 saturated heterocycles. The molecule has 0 aliphatic heterocycles. The molecule has 78 valence electrons. The summed E-state index contributed by atoms with van der Waals surface area (Å²) in [5.41, 5.74) is 10.5. The largest absolute Gasteiger partial charge is 0.475 e. The Morgan fingerprint density at radius 3 is 1.64 bits per heavy atom. The van der Waals surface area contributed by atoms with Gasteiger partial charge in [-0.25, -0.2) is 0 Å². The number of nitrogens with two attached hydrogens (primary N) is 2. The number of hydrogen-bond acceptors (Lipinski definition) is 6. The Morgan fingerprint density at radius 1 is 0.929 bits per heavy atom. The fraction of sp³-hybridized carbons (Fsp3) is 0.500. The molecule has 0 atom stereocenters. The minimum absolute atomic E-state index is 0.428. The lowest BCUT2D eigenvalue weighted by Crippen LogP contribution is -2.13. The van der Waals surface area contributed by atoms with Crippen LogP contribution in [0.1, 0.15) is 0 Å². The maximum Gasteiger partial charge on any atom is 0.233 e. The first-order valence-corrected chi connectivity index (χ1v) is 4.36. The molecule has 0 aliphatic carbocycles. The van der Waals surface area contributed by atoms with Crippen LogP contribution in [-0.2, 0) is 0 Å². The van der Waals surface area contributed by atoms with E-state index < -0.39 is 0 Å². The lowest BCUT2D eigenvalue weighted by molar-refractivity contribution is 0.293. The Labute approximate surface area is 82.2 Å². The van der Waals surface area contributed by atoms with Gasteiger partial charge in [-0.05, 0) is 0 Å². The molecule has 1 aromatic heterocycles. The molecular formula is C8H14N4O2. The minimum Gasteiger partial charge on any atom is -0.475 e. The summed E-state index contributed by atoms with van der Waals surface area (Å²) in [6, 6.07) is 3.35. The van der Waals surface area contributed by atoms with Gasteiger partial charge in [-0.3, -0.25) is 0 Å². The second kappa shape index (κ2) is 6.11. The number of aromatic nitrogens is 2. The summed E-state index contributed by atoms with van der Waals surface area (Å²) in [5.74, 6) is 0.881. The summed E-state index contributed by atoms with van der Waals surface area (Å²) in [5, 5.41) is 7.55. The van der Waals surface area contributed by atoms with Gasteiger partial charge in [-0.1, -0.05) is 0 Å². The average molecular weight is 198 g/mol. The number of rotatable bonds is 6. The monoisotopic (exact) mass is 198 g/mol. The Bertz CT molecular complexity index is 225.